The van der Waals surface area contributed by atoms with Crippen LogP contribution in [0, 0.1) is 17.3 Å². The number of fused-ring (bicyclic) bond motifs is 4. The van der Waals surface area contributed by atoms with E-state index in [1.54, 1.807) is 6.08 Å². The van der Waals surface area contributed by atoms with Gasteiger partial charge in [-0.25, -0.2) is 9.59 Å². The van der Waals surface area contributed by atoms with Crippen LogP contribution < -0.4 is 4.90 Å². The van der Waals surface area contributed by atoms with Gasteiger partial charge < -0.3 is 33.3 Å². The molecule has 5 heterocycles. The molecule has 0 radical (unpaired) electrons. The molecule has 0 amide bonds. The van der Waals surface area contributed by atoms with Crippen molar-refractivity contribution in [1.29, 1.82) is 0 Å². The van der Waals surface area contributed by atoms with Crippen LogP contribution in [-0.4, -0.2) is 86.1 Å². The van der Waals surface area contributed by atoms with Crippen LogP contribution in [0.2, 0.25) is 0 Å². The summed E-state index contributed by atoms with van der Waals surface area (Å²) in [6, 6.07) is 8.20. The van der Waals surface area contributed by atoms with Gasteiger partial charge in [0.2, 0.25) is 0 Å². The molecule has 1 aromatic rings. The lowest BCUT2D eigenvalue weighted by molar-refractivity contribution is -0.163. The minimum atomic E-state index is -0.745. The number of hydrogen-bond acceptors (Lipinski definition) is 9. The standard InChI is InChI=1S/C33H37NO8/c1-18(2)31-26(41-31)27-33(42-27)30(3)11-10-21-22(17-38-28(21)36)23(30)16-24-32(33,40-24)29(31)39-25(35)9-6-19-4-7-20(8-5-19)34-12-14-37-15-13-34/h4-9,18,23-24,26-27,29H,10-17H2,1-3H3/b9-6+/t23-,24-,26-,27-,29+,30-,31-,32+,33+/m0/s1. The van der Waals surface area contributed by atoms with Gasteiger partial charge in [-0.05, 0) is 60.4 Å². The van der Waals surface area contributed by atoms with Crippen molar-refractivity contribution in [3.05, 3.63) is 47.1 Å². The van der Waals surface area contributed by atoms with Crippen molar-refractivity contribution in [3.8, 4) is 0 Å². The van der Waals surface area contributed by atoms with Gasteiger partial charge in [0, 0.05) is 35.8 Å². The second-order valence-corrected chi connectivity index (χ2v) is 13.8. The summed E-state index contributed by atoms with van der Waals surface area (Å²) in [5.41, 5.74) is 1.80. The van der Waals surface area contributed by atoms with E-state index in [0.29, 0.717) is 13.0 Å². The monoisotopic (exact) mass is 575 g/mol. The van der Waals surface area contributed by atoms with E-state index in [9.17, 15) is 9.59 Å². The third-order valence-corrected chi connectivity index (χ3v) is 12.0. The lowest BCUT2D eigenvalue weighted by atomic mass is 9.46. The molecule has 0 N–H and O–H groups in total. The summed E-state index contributed by atoms with van der Waals surface area (Å²) < 4.78 is 37.3. The highest BCUT2D eigenvalue weighted by Crippen LogP contribution is 2.83. The Labute approximate surface area is 245 Å². The zero-order valence-electron chi connectivity index (χ0n) is 24.3. The van der Waals surface area contributed by atoms with Crippen LogP contribution in [0.3, 0.4) is 0 Å². The van der Waals surface area contributed by atoms with Crippen molar-refractivity contribution in [2.75, 3.05) is 37.8 Å². The SMILES string of the molecule is CC(C)[C@]12O[C@H]1[C@@H]1O[C@]13[C@]1(O[C@H]1C[C@H]1C4=C(CC[C@@]13C)C(=O)OC4)[C@@H]2OC(=O)/C=C/c1ccc(N2CCOCC2)cc1. The maximum atomic E-state index is 13.5. The zero-order valence-corrected chi connectivity index (χ0v) is 24.3. The lowest BCUT2D eigenvalue weighted by Crippen LogP contribution is -2.70. The normalized spacial score (nSPS) is 45.8. The number of carbonyl (C=O) groups excluding carboxylic acids is 2. The second-order valence-electron chi connectivity index (χ2n) is 13.8. The van der Waals surface area contributed by atoms with E-state index in [4.69, 9.17) is 28.4 Å². The van der Waals surface area contributed by atoms with Crippen LogP contribution in [0.25, 0.3) is 6.08 Å². The van der Waals surface area contributed by atoms with Gasteiger partial charge in [0.1, 0.15) is 30.0 Å². The van der Waals surface area contributed by atoms with Gasteiger partial charge >= 0.3 is 11.9 Å². The van der Waals surface area contributed by atoms with E-state index >= 15 is 0 Å². The summed E-state index contributed by atoms with van der Waals surface area (Å²) in [6.07, 6.45) is 4.63. The van der Waals surface area contributed by atoms with E-state index in [1.165, 1.54) is 6.08 Å². The molecular weight excluding hydrogens is 538 g/mol. The third-order valence-electron chi connectivity index (χ3n) is 12.0. The molecule has 8 aliphatic rings. The number of epoxide rings is 3. The number of cyclic esters (lactones) is 1. The molecule has 9 nitrogen and oxygen atoms in total. The molecule has 42 heavy (non-hydrogen) atoms. The van der Waals surface area contributed by atoms with E-state index in [0.717, 1.165) is 61.5 Å². The van der Waals surface area contributed by atoms with Crippen LogP contribution in [0.1, 0.15) is 45.6 Å². The highest BCUT2D eigenvalue weighted by atomic mass is 16.8. The Morgan fingerprint density at radius 2 is 1.88 bits per heavy atom. The van der Waals surface area contributed by atoms with Gasteiger partial charge in [-0.1, -0.05) is 32.9 Å². The van der Waals surface area contributed by atoms with Crippen molar-refractivity contribution < 1.29 is 38.0 Å². The summed E-state index contributed by atoms with van der Waals surface area (Å²) in [4.78, 5) is 28.2. The lowest BCUT2D eigenvalue weighted by Gasteiger charge is -2.53. The van der Waals surface area contributed by atoms with Crippen LogP contribution in [-0.2, 0) is 38.0 Å². The molecular formula is C33H37NO8. The number of nitrogens with zero attached hydrogens (tertiary/aromatic N) is 1. The fourth-order valence-electron chi connectivity index (χ4n) is 9.78. The van der Waals surface area contributed by atoms with Gasteiger partial charge in [0.25, 0.3) is 0 Å². The Kier molecular flexibility index (Phi) is 5.06. The summed E-state index contributed by atoms with van der Waals surface area (Å²) in [5.74, 6) is -0.320. The average molecular weight is 576 g/mol. The van der Waals surface area contributed by atoms with Gasteiger partial charge in [-0.2, -0.15) is 0 Å². The van der Waals surface area contributed by atoms with Crippen LogP contribution in [0.15, 0.2) is 41.5 Å². The van der Waals surface area contributed by atoms with Crippen molar-refractivity contribution in [3.63, 3.8) is 0 Å². The number of benzene rings is 1. The fraction of sp³-hybridized carbons (Fsp3) is 0.636. The third kappa shape index (κ3) is 2.98. The Morgan fingerprint density at radius 3 is 2.64 bits per heavy atom. The number of anilines is 1. The van der Waals surface area contributed by atoms with Crippen molar-refractivity contribution in [2.24, 2.45) is 17.3 Å². The predicted molar refractivity (Wildman–Crippen MR) is 149 cm³/mol. The largest absolute Gasteiger partial charge is 0.458 e. The molecule has 6 fully saturated rings. The van der Waals surface area contributed by atoms with Crippen molar-refractivity contribution in [1.82, 2.24) is 0 Å². The Hall–Kier alpha value is -2.72. The van der Waals surface area contributed by atoms with Gasteiger partial charge in [-0.3, -0.25) is 0 Å². The first kappa shape index (κ1) is 25.7. The molecule has 9 atom stereocenters. The molecule has 4 saturated heterocycles. The first-order chi connectivity index (χ1) is 20.3. The van der Waals surface area contributed by atoms with Crippen LogP contribution >= 0.6 is 0 Å². The van der Waals surface area contributed by atoms with Gasteiger partial charge in [-0.15, -0.1) is 0 Å². The molecule has 2 spiro atoms. The summed E-state index contributed by atoms with van der Waals surface area (Å²) in [5, 5.41) is 0. The van der Waals surface area contributed by atoms with Crippen LogP contribution in [0.5, 0.6) is 0 Å². The van der Waals surface area contributed by atoms with E-state index in [-0.39, 0.29) is 41.5 Å². The summed E-state index contributed by atoms with van der Waals surface area (Å²) in [6.45, 7) is 10.1. The second kappa shape index (κ2) is 8.25. The number of morpholine rings is 1. The predicted octanol–water partition coefficient (Wildman–Crippen LogP) is 3.20. The van der Waals surface area contributed by atoms with Gasteiger partial charge in [0.05, 0.1) is 19.3 Å². The summed E-state index contributed by atoms with van der Waals surface area (Å²) in [7, 11) is 0. The first-order valence-corrected chi connectivity index (χ1v) is 15.5. The highest BCUT2D eigenvalue weighted by Gasteiger charge is 3.01. The Morgan fingerprint density at radius 1 is 1.10 bits per heavy atom. The van der Waals surface area contributed by atoms with Crippen molar-refractivity contribution >= 4 is 23.7 Å². The number of rotatable bonds is 5. The zero-order chi connectivity index (χ0) is 28.6. The quantitative estimate of drug-likeness (QED) is 0.298. The maximum Gasteiger partial charge on any atom is 0.334 e. The van der Waals surface area contributed by atoms with Gasteiger partial charge in [0.15, 0.2) is 11.7 Å². The molecule has 1 aromatic carbocycles. The minimum absolute atomic E-state index is 0.103. The molecule has 9 rings (SSSR count). The smallest absolute Gasteiger partial charge is 0.334 e. The van der Waals surface area contributed by atoms with E-state index in [1.807, 2.05) is 12.1 Å². The minimum Gasteiger partial charge on any atom is -0.458 e. The Bertz CT molecular complexity index is 1450. The van der Waals surface area contributed by atoms with E-state index < -0.39 is 28.9 Å². The molecule has 5 aliphatic heterocycles. The fourth-order valence-corrected chi connectivity index (χ4v) is 9.78. The molecule has 0 aromatic heterocycles. The topological polar surface area (TPSA) is 103 Å². The maximum absolute atomic E-state index is 13.5. The van der Waals surface area contributed by atoms with E-state index in [2.05, 4.69) is 37.8 Å². The van der Waals surface area contributed by atoms with Crippen molar-refractivity contribution in [2.45, 2.75) is 81.3 Å². The average Bonchev–Trinajstić information content (AvgIpc) is 3.91. The number of hydrogen-bond donors (Lipinski definition) is 0. The number of carbonyl (C=O) groups is 2. The number of ether oxygens (including phenoxy) is 6. The molecule has 3 aliphatic carbocycles. The Balaban J connectivity index is 1.00. The highest BCUT2D eigenvalue weighted by molar-refractivity contribution is 5.92. The molecule has 2 saturated carbocycles. The molecule has 0 bridgehead atoms. The first-order valence-electron chi connectivity index (χ1n) is 15.5. The summed E-state index contributed by atoms with van der Waals surface area (Å²) >= 11 is 0. The molecule has 0 unspecified atom stereocenters. The van der Waals surface area contributed by atoms with Crippen LogP contribution in [0.4, 0.5) is 5.69 Å². The molecule has 9 heteroatoms. The molecule has 222 valence electrons. The number of esters is 2.